The Bertz CT molecular complexity index is 759. The summed E-state index contributed by atoms with van der Waals surface area (Å²) in [5, 5.41) is 3.28. The second-order valence-corrected chi connectivity index (χ2v) is 8.85. The Hall–Kier alpha value is -1.65. The Balaban J connectivity index is 1.24. The van der Waals surface area contributed by atoms with Crippen molar-refractivity contribution in [2.45, 2.75) is 25.7 Å². The zero-order valence-corrected chi connectivity index (χ0v) is 16.1. The van der Waals surface area contributed by atoms with E-state index in [4.69, 9.17) is 0 Å². The molecule has 0 amide bonds. The molecule has 2 unspecified atom stereocenters. The van der Waals surface area contributed by atoms with Crippen molar-refractivity contribution in [1.29, 1.82) is 0 Å². The van der Waals surface area contributed by atoms with E-state index in [1.807, 2.05) is 6.20 Å². The minimum atomic E-state index is 0.675. The molecule has 0 bridgehead atoms. The van der Waals surface area contributed by atoms with E-state index in [9.17, 15) is 0 Å². The van der Waals surface area contributed by atoms with Crippen molar-refractivity contribution in [3.8, 4) is 0 Å². The molecule has 2 aliphatic heterocycles. The number of aromatic nitrogens is 1. The van der Waals surface area contributed by atoms with Crippen LogP contribution in [0.15, 0.2) is 41.9 Å². The van der Waals surface area contributed by atoms with Crippen LogP contribution >= 0.6 is 11.3 Å². The first-order chi connectivity index (χ1) is 12.9. The number of fused-ring (bicyclic) bond motifs is 1. The van der Waals surface area contributed by atoms with Gasteiger partial charge in [0, 0.05) is 37.1 Å². The number of thiazole rings is 1. The monoisotopic (exact) mass is 365 g/mol. The number of anilines is 1. The molecule has 2 fully saturated rings. The number of rotatable bonds is 5. The van der Waals surface area contributed by atoms with Gasteiger partial charge in [-0.25, -0.2) is 4.98 Å². The molecule has 3 aliphatic rings. The van der Waals surface area contributed by atoms with Gasteiger partial charge >= 0.3 is 0 Å². The molecule has 2 saturated heterocycles. The Morgan fingerprint density at radius 3 is 2.69 bits per heavy atom. The van der Waals surface area contributed by atoms with E-state index in [1.54, 1.807) is 16.9 Å². The maximum atomic E-state index is 4.51. The quantitative estimate of drug-likeness (QED) is 0.786. The largest absolute Gasteiger partial charge is 0.347 e. The van der Waals surface area contributed by atoms with E-state index in [0.29, 0.717) is 5.92 Å². The van der Waals surface area contributed by atoms with Crippen LogP contribution in [0.3, 0.4) is 0 Å². The summed E-state index contributed by atoms with van der Waals surface area (Å²) < 4.78 is 0. The zero-order valence-electron chi connectivity index (χ0n) is 15.3. The molecule has 0 N–H and O–H groups in total. The highest BCUT2D eigenvalue weighted by Gasteiger charge is 2.39. The summed E-state index contributed by atoms with van der Waals surface area (Å²) in [5.41, 5.74) is 4.48. The molecule has 4 heteroatoms. The zero-order chi connectivity index (χ0) is 17.3. The lowest BCUT2D eigenvalue weighted by molar-refractivity contribution is 0.343. The fraction of sp³-hybridized carbons (Fsp3) is 0.500. The van der Waals surface area contributed by atoms with Crippen molar-refractivity contribution >= 4 is 22.0 Å². The van der Waals surface area contributed by atoms with Gasteiger partial charge in [-0.3, -0.25) is 0 Å². The third-order valence-corrected chi connectivity index (χ3v) is 7.21. The van der Waals surface area contributed by atoms with Gasteiger partial charge in [0.25, 0.3) is 0 Å². The summed E-state index contributed by atoms with van der Waals surface area (Å²) in [6.07, 6.45) is 9.59. The van der Waals surface area contributed by atoms with Gasteiger partial charge in [-0.2, -0.15) is 0 Å². The van der Waals surface area contributed by atoms with Crippen molar-refractivity contribution in [3.63, 3.8) is 0 Å². The van der Waals surface area contributed by atoms with Crippen molar-refractivity contribution in [3.05, 3.63) is 53.0 Å². The summed E-state index contributed by atoms with van der Waals surface area (Å²) in [5.74, 6) is 1.44. The van der Waals surface area contributed by atoms with E-state index < -0.39 is 0 Å². The van der Waals surface area contributed by atoms with Crippen LogP contribution in [0, 0.1) is 11.8 Å². The molecule has 2 atom stereocenters. The maximum absolute atomic E-state index is 4.51. The van der Waals surface area contributed by atoms with Crippen molar-refractivity contribution in [2.75, 3.05) is 37.6 Å². The van der Waals surface area contributed by atoms with Gasteiger partial charge in [0.1, 0.15) is 0 Å². The molecule has 0 radical (unpaired) electrons. The number of hydrogen-bond donors (Lipinski definition) is 0. The number of allylic oxidation sites excluding steroid dienone is 1. The molecule has 0 spiro atoms. The predicted molar refractivity (Wildman–Crippen MR) is 110 cm³/mol. The van der Waals surface area contributed by atoms with Gasteiger partial charge in [-0.1, -0.05) is 30.3 Å². The summed E-state index contributed by atoms with van der Waals surface area (Å²) in [4.78, 5) is 9.59. The minimum absolute atomic E-state index is 0.675. The predicted octanol–water partition coefficient (Wildman–Crippen LogP) is 4.32. The number of likely N-dealkylation sites (tertiary alicyclic amines) is 1. The maximum Gasteiger partial charge on any atom is 0.185 e. The molecule has 1 aromatic heterocycles. The van der Waals surface area contributed by atoms with Crippen LogP contribution in [0.5, 0.6) is 0 Å². The smallest absolute Gasteiger partial charge is 0.185 e. The van der Waals surface area contributed by atoms with Crippen LogP contribution < -0.4 is 4.90 Å². The van der Waals surface area contributed by atoms with Crippen LogP contribution in [-0.2, 0) is 6.42 Å². The van der Waals surface area contributed by atoms with E-state index in [2.05, 4.69) is 50.5 Å². The summed E-state index contributed by atoms with van der Waals surface area (Å²) in [6, 6.07) is 9.43. The van der Waals surface area contributed by atoms with Crippen molar-refractivity contribution < 1.29 is 0 Å². The van der Waals surface area contributed by atoms with E-state index in [1.165, 1.54) is 61.6 Å². The summed E-state index contributed by atoms with van der Waals surface area (Å²) in [6.45, 7) is 6.09. The fourth-order valence-corrected chi connectivity index (χ4v) is 5.57. The Morgan fingerprint density at radius 2 is 1.92 bits per heavy atom. The van der Waals surface area contributed by atoms with Crippen LogP contribution in [0.25, 0.3) is 5.57 Å². The molecule has 1 aromatic carbocycles. The molecule has 2 aromatic rings. The van der Waals surface area contributed by atoms with Crippen molar-refractivity contribution in [2.24, 2.45) is 11.8 Å². The third-order valence-electron chi connectivity index (χ3n) is 6.37. The van der Waals surface area contributed by atoms with Crippen LogP contribution in [0.4, 0.5) is 5.13 Å². The molecule has 136 valence electrons. The molecular formula is C22H27N3S. The van der Waals surface area contributed by atoms with E-state index in [-0.39, 0.29) is 0 Å². The van der Waals surface area contributed by atoms with Crippen LogP contribution in [0.2, 0.25) is 0 Å². The molecule has 5 rings (SSSR count). The molecule has 3 nitrogen and oxygen atoms in total. The van der Waals surface area contributed by atoms with Gasteiger partial charge < -0.3 is 9.80 Å². The fourth-order valence-electron chi connectivity index (χ4n) is 4.91. The number of benzene rings is 1. The van der Waals surface area contributed by atoms with Gasteiger partial charge in [0.15, 0.2) is 5.13 Å². The van der Waals surface area contributed by atoms with Crippen LogP contribution in [0.1, 0.15) is 30.4 Å². The Kier molecular flexibility index (Phi) is 4.55. The lowest BCUT2D eigenvalue weighted by Crippen LogP contribution is -2.21. The highest BCUT2D eigenvalue weighted by atomic mass is 32.1. The Morgan fingerprint density at radius 1 is 1.08 bits per heavy atom. The minimum Gasteiger partial charge on any atom is -0.347 e. The van der Waals surface area contributed by atoms with Crippen molar-refractivity contribution in [1.82, 2.24) is 9.88 Å². The first-order valence-electron chi connectivity index (χ1n) is 10.0. The summed E-state index contributed by atoms with van der Waals surface area (Å²) >= 11 is 1.77. The SMILES string of the molecule is C1=C(c2ccc(CCN3CCCC3)cc2)C2CN(c3nccs3)CC2C1. The van der Waals surface area contributed by atoms with Gasteiger partial charge in [0.2, 0.25) is 0 Å². The number of nitrogens with zero attached hydrogens (tertiary/aromatic N) is 3. The highest BCUT2D eigenvalue weighted by Crippen LogP contribution is 2.44. The van der Waals surface area contributed by atoms with Crippen LogP contribution in [-0.4, -0.2) is 42.6 Å². The van der Waals surface area contributed by atoms with Gasteiger partial charge in [-0.05, 0) is 61.4 Å². The molecule has 3 heterocycles. The normalized spacial score (nSPS) is 25.7. The molecule has 1 aliphatic carbocycles. The first-order valence-corrected chi connectivity index (χ1v) is 10.9. The summed E-state index contributed by atoms with van der Waals surface area (Å²) in [7, 11) is 0. The standard InChI is InChI=1S/C22H27N3S/c1-2-12-24(11-1)13-9-17-3-5-18(6-4-17)20-8-7-19-15-25(16-21(19)20)22-23-10-14-26-22/h3-6,8,10,14,19,21H,1-2,7,9,11-13,15-16H2. The third kappa shape index (κ3) is 3.21. The van der Waals surface area contributed by atoms with Gasteiger partial charge in [0.05, 0.1) is 0 Å². The average Bonchev–Trinajstić information content (AvgIpc) is 3.45. The second-order valence-electron chi connectivity index (χ2n) is 7.98. The molecular weight excluding hydrogens is 338 g/mol. The molecule has 0 saturated carbocycles. The highest BCUT2D eigenvalue weighted by molar-refractivity contribution is 7.13. The van der Waals surface area contributed by atoms with E-state index in [0.717, 1.165) is 19.0 Å². The lowest BCUT2D eigenvalue weighted by Gasteiger charge is -2.17. The topological polar surface area (TPSA) is 19.4 Å². The molecule has 26 heavy (non-hydrogen) atoms. The number of hydrogen-bond acceptors (Lipinski definition) is 4. The lowest BCUT2D eigenvalue weighted by atomic mass is 9.90. The average molecular weight is 366 g/mol. The second kappa shape index (κ2) is 7.16. The van der Waals surface area contributed by atoms with E-state index >= 15 is 0 Å². The first kappa shape index (κ1) is 16.5. The Labute approximate surface area is 160 Å². The van der Waals surface area contributed by atoms with Gasteiger partial charge in [-0.15, -0.1) is 11.3 Å².